The maximum atomic E-state index is 13.7. The number of benzene rings is 2. The van der Waals surface area contributed by atoms with Crippen molar-refractivity contribution in [1.82, 2.24) is 0 Å². The standard InChI is InChI=1S/C12H6BrFN2O5/c13-7-4-5-11(10(6-7)16(19)20)21-12-8(14)2-1-3-9(12)15(17)18/h1-6H. The Kier molecular flexibility index (Phi) is 4.13. The van der Waals surface area contributed by atoms with E-state index >= 15 is 0 Å². The largest absolute Gasteiger partial charge is 0.440 e. The van der Waals surface area contributed by atoms with Crippen molar-refractivity contribution in [2.45, 2.75) is 0 Å². The van der Waals surface area contributed by atoms with Crippen LogP contribution in [0.1, 0.15) is 0 Å². The van der Waals surface area contributed by atoms with E-state index in [4.69, 9.17) is 4.74 Å². The van der Waals surface area contributed by atoms with Gasteiger partial charge in [-0.15, -0.1) is 0 Å². The maximum absolute atomic E-state index is 13.7. The summed E-state index contributed by atoms with van der Waals surface area (Å²) in [4.78, 5) is 20.2. The Morgan fingerprint density at radius 1 is 1.05 bits per heavy atom. The zero-order valence-electron chi connectivity index (χ0n) is 10.2. The van der Waals surface area contributed by atoms with Crippen LogP contribution in [0, 0.1) is 26.0 Å². The highest BCUT2D eigenvalue weighted by molar-refractivity contribution is 9.10. The molecule has 2 aromatic rings. The Bertz CT molecular complexity index is 738. The number of halogens is 2. The van der Waals surface area contributed by atoms with E-state index < -0.39 is 32.8 Å². The molecular weight excluding hydrogens is 351 g/mol. The van der Waals surface area contributed by atoms with E-state index in [1.807, 2.05) is 0 Å². The van der Waals surface area contributed by atoms with Crippen molar-refractivity contribution >= 4 is 27.3 Å². The summed E-state index contributed by atoms with van der Waals surface area (Å²) in [5.74, 6) is -1.95. The van der Waals surface area contributed by atoms with Crippen molar-refractivity contribution in [1.29, 1.82) is 0 Å². The highest BCUT2D eigenvalue weighted by atomic mass is 79.9. The van der Waals surface area contributed by atoms with Gasteiger partial charge >= 0.3 is 11.4 Å². The summed E-state index contributed by atoms with van der Waals surface area (Å²) in [5, 5.41) is 21.8. The lowest BCUT2D eigenvalue weighted by atomic mass is 10.2. The number of nitro benzene ring substituents is 2. The number of nitrogens with zero attached hydrogens (tertiary/aromatic N) is 2. The van der Waals surface area contributed by atoms with Crippen LogP contribution in [0.15, 0.2) is 40.9 Å². The highest BCUT2D eigenvalue weighted by Gasteiger charge is 2.24. The first-order valence-electron chi connectivity index (χ1n) is 5.45. The second-order valence-corrected chi connectivity index (χ2v) is 4.73. The predicted molar refractivity (Wildman–Crippen MR) is 73.9 cm³/mol. The third kappa shape index (κ3) is 3.14. The Labute approximate surface area is 125 Å². The van der Waals surface area contributed by atoms with Gasteiger partial charge in [0.25, 0.3) is 0 Å². The monoisotopic (exact) mass is 356 g/mol. The third-order valence-electron chi connectivity index (χ3n) is 2.47. The lowest BCUT2D eigenvalue weighted by Gasteiger charge is -2.07. The molecule has 9 heteroatoms. The molecule has 0 unspecified atom stereocenters. The number of hydrogen-bond acceptors (Lipinski definition) is 5. The van der Waals surface area contributed by atoms with Crippen LogP contribution in [-0.4, -0.2) is 9.85 Å². The number of para-hydroxylation sites is 1. The molecule has 0 N–H and O–H groups in total. The Morgan fingerprint density at radius 3 is 2.33 bits per heavy atom. The summed E-state index contributed by atoms with van der Waals surface area (Å²) in [6.45, 7) is 0. The molecule has 0 saturated carbocycles. The fraction of sp³-hybridized carbons (Fsp3) is 0. The SMILES string of the molecule is O=[N+]([O-])c1cc(Br)ccc1Oc1c(F)cccc1[N+](=O)[O-]. The zero-order chi connectivity index (χ0) is 15.6. The van der Waals surface area contributed by atoms with Gasteiger partial charge in [0.1, 0.15) is 0 Å². The molecule has 2 rings (SSSR count). The maximum Gasteiger partial charge on any atom is 0.314 e. The molecule has 0 radical (unpaired) electrons. The molecule has 0 atom stereocenters. The van der Waals surface area contributed by atoms with Gasteiger partial charge in [-0.2, -0.15) is 0 Å². The van der Waals surface area contributed by atoms with Crippen LogP contribution in [0.25, 0.3) is 0 Å². The number of nitro groups is 2. The van der Waals surface area contributed by atoms with Gasteiger partial charge < -0.3 is 4.74 Å². The summed E-state index contributed by atoms with van der Waals surface area (Å²) >= 11 is 3.06. The van der Waals surface area contributed by atoms with Crippen LogP contribution < -0.4 is 4.74 Å². The average Bonchev–Trinajstić information content (AvgIpc) is 2.42. The molecule has 0 amide bonds. The molecule has 0 fully saturated rings. The van der Waals surface area contributed by atoms with Crippen molar-refractivity contribution in [3.63, 3.8) is 0 Å². The topological polar surface area (TPSA) is 95.5 Å². The van der Waals surface area contributed by atoms with Crippen molar-refractivity contribution in [3.05, 3.63) is 66.9 Å². The smallest absolute Gasteiger partial charge is 0.314 e. The third-order valence-corrected chi connectivity index (χ3v) is 2.97. The number of rotatable bonds is 4. The first kappa shape index (κ1) is 14.9. The van der Waals surface area contributed by atoms with E-state index in [9.17, 15) is 24.6 Å². The van der Waals surface area contributed by atoms with E-state index in [-0.39, 0.29) is 5.75 Å². The van der Waals surface area contributed by atoms with Crippen LogP contribution in [0.5, 0.6) is 11.5 Å². The number of hydrogen-bond donors (Lipinski definition) is 0. The fourth-order valence-electron chi connectivity index (χ4n) is 1.57. The lowest BCUT2D eigenvalue weighted by molar-refractivity contribution is -0.387. The van der Waals surface area contributed by atoms with Crippen LogP contribution >= 0.6 is 15.9 Å². The average molecular weight is 357 g/mol. The highest BCUT2D eigenvalue weighted by Crippen LogP contribution is 2.38. The normalized spacial score (nSPS) is 10.2. The molecule has 7 nitrogen and oxygen atoms in total. The molecule has 21 heavy (non-hydrogen) atoms. The van der Waals surface area contributed by atoms with E-state index in [0.717, 1.165) is 24.3 Å². The summed E-state index contributed by atoms with van der Waals surface area (Å²) in [6, 6.07) is 6.97. The molecular formula is C12H6BrFN2O5. The van der Waals surface area contributed by atoms with Crippen molar-refractivity contribution < 1.29 is 19.0 Å². The Hall–Kier alpha value is -2.55. The second-order valence-electron chi connectivity index (χ2n) is 3.82. The molecule has 0 aromatic heterocycles. The Balaban J connectivity index is 2.53. The predicted octanol–water partition coefficient (Wildman–Crippen LogP) is 4.20. The van der Waals surface area contributed by atoms with Gasteiger partial charge in [0.05, 0.1) is 9.85 Å². The minimum Gasteiger partial charge on any atom is -0.440 e. The van der Waals surface area contributed by atoms with Gasteiger partial charge in [-0.25, -0.2) is 4.39 Å². The molecule has 0 spiro atoms. The van der Waals surface area contributed by atoms with Gasteiger partial charge in [-0.05, 0) is 18.2 Å². The van der Waals surface area contributed by atoms with Crippen LogP contribution in [0.2, 0.25) is 0 Å². The molecule has 0 aliphatic heterocycles. The van der Waals surface area contributed by atoms with Crippen LogP contribution in [0.4, 0.5) is 15.8 Å². The molecule has 0 aliphatic carbocycles. The van der Waals surface area contributed by atoms with Gasteiger partial charge in [-0.1, -0.05) is 22.0 Å². The zero-order valence-corrected chi connectivity index (χ0v) is 11.7. The van der Waals surface area contributed by atoms with Gasteiger partial charge in [0.15, 0.2) is 5.82 Å². The van der Waals surface area contributed by atoms with Gasteiger partial charge in [-0.3, -0.25) is 20.2 Å². The molecule has 2 aromatic carbocycles. The summed E-state index contributed by atoms with van der Waals surface area (Å²) in [6.07, 6.45) is 0. The Morgan fingerprint density at radius 2 is 1.71 bits per heavy atom. The quantitative estimate of drug-likeness (QED) is 0.604. The fourth-order valence-corrected chi connectivity index (χ4v) is 1.92. The van der Waals surface area contributed by atoms with Crippen molar-refractivity contribution in [2.75, 3.05) is 0 Å². The van der Waals surface area contributed by atoms with Crippen molar-refractivity contribution in [2.24, 2.45) is 0 Å². The van der Waals surface area contributed by atoms with Gasteiger partial charge in [0, 0.05) is 16.6 Å². The van der Waals surface area contributed by atoms with E-state index in [1.165, 1.54) is 12.1 Å². The molecule has 0 aliphatic rings. The van der Waals surface area contributed by atoms with E-state index in [0.29, 0.717) is 4.47 Å². The van der Waals surface area contributed by atoms with E-state index in [1.54, 1.807) is 0 Å². The van der Waals surface area contributed by atoms with E-state index in [2.05, 4.69) is 15.9 Å². The minimum atomic E-state index is -0.985. The van der Waals surface area contributed by atoms with Crippen molar-refractivity contribution in [3.8, 4) is 11.5 Å². The molecule has 108 valence electrons. The van der Waals surface area contributed by atoms with Gasteiger partial charge in [0.2, 0.25) is 11.5 Å². The minimum absolute atomic E-state index is 0.295. The first-order chi connectivity index (χ1) is 9.90. The molecule has 0 saturated heterocycles. The molecule has 0 bridgehead atoms. The summed E-state index contributed by atoms with van der Waals surface area (Å²) < 4.78 is 19.2. The molecule has 0 heterocycles. The first-order valence-corrected chi connectivity index (χ1v) is 6.24. The van der Waals surface area contributed by atoms with Crippen LogP contribution in [0.3, 0.4) is 0 Å². The summed E-state index contributed by atoms with van der Waals surface area (Å²) in [5.41, 5.74) is -1.06. The van der Waals surface area contributed by atoms with Crippen LogP contribution in [-0.2, 0) is 0 Å². The summed E-state index contributed by atoms with van der Waals surface area (Å²) in [7, 11) is 0. The lowest BCUT2D eigenvalue weighted by Crippen LogP contribution is -1.98. The number of ether oxygens (including phenoxy) is 1. The second kappa shape index (κ2) is 5.83.